The van der Waals surface area contributed by atoms with E-state index in [9.17, 15) is 19.2 Å². The summed E-state index contributed by atoms with van der Waals surface area (Å²) in [4.78, 5) is 49.7. The van der Waals surface area contributed by atoms with Gasteiger partial charge in [0.15, 0.2) is 11.5 Å². The molecule has 2 N–H and O–H groups in total. The molecule has 0 aliphatic heterocycles. The summed E-state index contributed by atoms with van der Waals surface area (Å²) in [7, 11) is 0. The monoisotopic (exact) mass is 549 g/mol. The van der Waals surface area contributed by atoms with Crippen molar-refractivity contribution in [1.29, 1.82) is 0 Å². The Bertz CT molecular complexity index is 947. The number of rotatable bonds is 17. The van der Waals surface area contributed by atoms with Crippen molar-refractivity contribution in [2.24, 2.45) is 23.5 Å². The Hall–Kier alpha value is -2.94. The van der Waals surface area contributed by atoms with Gasteiger partial charge in [0.2, 0.25) is 0 Å². The van der Waals surface area contributed by atoms with Crippen molar-refractivity contribution in [2.45, 2.75) is 106 Å². The maximum absolute atomic E-state index is 12.6. The van der Waals surface area contributed by atoms with Crippen molar-refractivity contribution in [1.82, 2.24) is 0 Å². The Morgan fingerprint density at radius 2 is 1.21 bits per heavy atom. The van der Waals surface area contributed by atoms with Crippen LogP contribution in [0.25, 0.3) is 0 Å². The van der Waals surface area contributed by atoms with E-state index in [1.165, 1.54) is 6.07 Å². The van der Waals surface area contributed by atoms with Gasteiger partial charge in [-0.25, -0.2) is 0 Å². The lowest BCUT2D eigenvalue weighted by Crippen LogP contribution is -2.37. The second-order valence-corrected chi connectivity index (χ2v) is 10.4. The normalized spacial score (nSPS) is 14.9. The Morgan fingerprint density at radius 1 is 0.718 bits per heavy atom. The molecule has 1 rings (SSSR count). The highest BCUT2D eigenvalue weighted by atomic mass is 16.6. The first-order valence-corrected chi connectivity index (χ1v) is 14.1. The van der Waals surface area contributed by atoms with E-state index in [0.29, 0.717) is 18.4 Å². The molecule has 0 amide bonds. The summed E-state index contributed by atoms with van der Waals surface area (Å²) in [5, 5.41) is 0. The lowest BCUT2D eigenvalue weighted by molar-refractivity contribution is -0.161. The zero-order valence-corrected chi connectivity index (χ0v) is 24.6. The van der Waals surface area contributed by atoms with E-state index in [0.717, 1.165) is 25.7 Å². The van der Waals surface area contributed by atoms with Crippen LogP contribution in [0, 0.1) is 17.8 Å². The molecule has 0 fully saturated rings. The Balaban J connectivity index is 2.92. The topological polar surface area (TPSA) is 131 Å². The first kappa shape index (κ1) is 34.1. The van der Waals surface area contributed by atoms with Crippen LogP contribution in [0.3, 0.4) is 0 Å². The van der Waals surface area contributed by atoms with Crippen LogP contribution in [0.5, 0.6) is 11.5 Å². The quantitative estimate of drug-likeness (QED) is 0.207. The van der Waals surface area contributed by atoms with Crippen LogP contribution in [0.1, 0.15) is 92.6 Å². The molecule has 0 radical (unpaired) electrons. The molecule has 0 spiro atoms. The van der Waals surface area contributed by atoms with Crippen molar-refractivity contribution in [3.8, 4) is 11.5 Å². The predicted molar refractivity (Wildman–Crippen MR) is 148 cm³/mol. The van der Waals surface area contributed by atoms with Crippen LogP contribution in [0.15, 0.2) is 18.2 Å². The highest BCUT2D eigenvalue weighted by Crippen LogP contribution is 2.31. The summed E-state index contributed by atoms with van der Waals surface area (Å²) in [6, 6.07) is 3.74. The molecule has 0 aliphatic rings. The summed E-state index contributed by atoms with van der Waals surface area (Å²) in [5.41, 5.74) is 6.69. The van der Waals surface area contributed by atoms with Crippen LogP contribution in [-0.2, 0) is 35.1 Å². The van der Waals surface area contributed by atoms with E-state index < -0.39 is 30.1 Å². The molecule has 1 aromatic carbocycles. The van der Waals surface area contributed by atoms with Gasteiger partial charge in [-0.3, -0.25) is 19.2 Å². The number of nitrogens with two attached hydrogens (primary N) is 1. The van der Waals surface area contributed by atoms with E-state index in [2.05, 4.69) is 0 Å². The fraction of sp³-hybridized carbons (Fsp3) is 0.667. The standard InChI is InChI=1S/C30H47NO8/c1-8-11-19(4)27(32)36-18-22(7)37-30(35)24(31)16-23-14-15-25(38-28(33)20(5)12-9-2)26(17-23)39-29(34)21(6)13-10-3/h14-15,17,19-22,24H,8-13,16,18,31H2,1-7H3/t19?,20?,21?,22-,24-/m0/s1. The predicted octanol–water partition coefficient (Wildman–Crippen LogP) is 5.15. The van der Waals surface area contributed by atoms with Crippen LogP contribution in [-0.4, -0.2) is 42.6 Å². The van der Waals surface area contributed by atoms with E-state index in [1.54, 1.807) is 39.8 Å². The highest BCUT2D eigenvalue weighted by Gasteiger charge is 2.24. The third kappa shape index (κ3) is 12.2. The fourth-order valence-corrected chi connectivity index (χ4v) is 3.91. The van der Waals surface area contributed by atoms with Crippen molar-refractivity contribution >= 4 is 23.9 Å². The number of hydrogen-bond donors (Lipinski definition) is 1. The van der Waals surface area contributed by atoms with E-state index >= 15 is 0 Å². The molecule has 0 saturated carbocycles. The molecule has 0 heterocycles. The van der Waals surface area contributed by atoms with Crippen LogP contribution >= 0.6 is 0 Å². The Labute approximate surface area is 233 Å². The van der Waals surface area contributed by atoms with Gasteiger partial charge in [-0.15, -0.1) is 0 Å². The average molecular weight is 550 g/mol. The lowest BCUT2D eigenvalue weighted by Gasteiger charge is -2.19. The van der Waals surface area contributed by atoms with Crippen molar-refractivity contribution in [2.75, 3.05) is 6.61 Å². The third-order valence-corrected chi connectivity index (χ3v) is 6.34. The van der Waals surface area contributed by atoms with Crippen LogP contribution < -0.4 is 15.2 Å². The number of esters is 4. The molecule has 0 bridgehead atoms. The minimum atomic E-state index is -1.01. The molecule has 9 nitrogen and oxygen atoms in total. The zero-order valence-electron chi connectivity index (χ0n) is 24.6. The van der Waals surface area contributed by atoms with Crippen LogP contribution in [0.4, 0.5) is 0 Å². The van der Waals surface area contributed by atoms with Gasteiger partial charge in [0.1, 0.15) is 18.8 Å². The Morgan fingerprint density at radius 3 is 1.72 bits per heavy atom. The number of benzene rings is 1. The largest absolute Gasteiger partial charge is 0.462 e. The molecule has 0 saturated heterocycles. The van der Waals surface area contributed by atoms with Crippen molar-refractivity contribution < 1.29 is 38.1 Å². The first-order chi connectivity index (χ1) is 18.4. The smallest absolute Gasteiger partial charge is 0.323 e. The van der Waals surface area contributed by atoms with Gasteiger partial charge < -0.3 is 24.7 Å². The third-order valence-electron chi connectivity index (χ3n) is 6.34. The maximum Gasteiger partial charge on any atom is 0.323 e. The molecular weight excluding hydrogens is 502 g/mol. The van der Waals surface area contributed by atoms with Gasteiger partial charge in [0.05, 0.1) is 17.8 Å². The second-order valence-electron chi connectivity index (χ2n) is 10.4. The van der Waals surface area contributed by atoms with Crippen LogP contribution in [0.2, 0.25) is 0 Å². The Kier molecular flexibility index (Phi) is 15.4. The number of hydrogen-bond acceptors (Lipinski definition) is 9. The van der Waals surface area contributed by atoms with Gasteiger partial charge in [-0.2, -0.15) is 0 Å². The molecule has 5 atom stereocenters. The number of carbonyl (C=O) groups is 4. The summed E-state index contributed by atoms with van der Waals surface area (Å²) in [6.07, 6.45) is 4.00. The summed E-state index contributed by atoms with van der Waals surface area (Å²) in [6.45, 7) is 12.9. The van der Waals surface area contributed by atoms with Crippen molar-refractivity contribution in [3.05, 3.63) is 23.8 Å². The zero-order chi connectivity index (χ0) is 29.5. The fourth-order valence-electron chi connectivity index (χ4n) is 3.91. The van der Waals surface area contributed by atoms with Gasteiger partial charge in [0.25, 0.3) is 0 Å². The van der Waals surface area contributed by atoms with E-state index in [-0.39, 0.29) is 48.2 Å². The molecule has 3 unspecified atom stereocenters. The lowest BCUT2D eigenvalue weighted by atomic mass is 10.0. The maximum atomic E-state index is 12.6. The highest BCUT2D eigenvalue weighted by molar-refractivity contribution is 5.79. The molecule has 39 heavy (non-hydrogen) atoms. The van der Waals surface area contributed by atoms with Gasteiger partial charge in [0, 0.05) is 0 Å². The minimum Gasteiger partial charge on any atom is -0.462 e. The number of ether oxygens (including phenoxy) is 4. The molecular formula is C30H47NO8. The van der Waals surface area contributed by atoms with Crippen molar-refractivity contribution in [3.63, 3.8) is 0 Å². The summed E-state index contributed by atoms with van der Waals surface area (Å²) >= 11 is 0. The molecule has 1 aromatic rings. The summed E-state index contributed by atoms with van der Waals surface area (Å²) < 4.78 is 21.8. The van der Waals surface area contributed by atoms with Gasteiger partial charge in [-0.1, -0.05) is 66.9 Å². The van der Waals surface area contributed by atoms with E-state index in [4.69, 9.17) is 24.7 Å². The average Bonchev–Trinajstić information content (AvgIpc) is 2.88. The van der Waals surface area contributed by atoms with E-state index in [1.807, 2.05) is 20.8 Å². The minimum absolute atomic E-state index is 0.0576. The summed E-state index contributed by atoms with van der Waals surface area (Å²) in [5.74, 6) is -2.47. The SMILES string of the molecule is CCCC(C)C(=O)OC[C@H](C)OC(=O)[C@@H](N)Cc1ccc(OC(=O)C(C)CCC)c(OC(=O)C(C)CCC)c1. The number of carbonyl (C=O) groups excluding carboxylic acids is 4. The molecule has 220 valence electrons. The molecule has 9 heteroatoms. The molecule has 0 aliphatic carbocycles. The first-order valence-electron chi connectivity index (χ1n) is 14.1. The van der Waals surface area contributed by atoms with Gasteiger partial charge >= 0.3 is 23.9 Å². The van der Waals surface area contributed by atoms with Gasteiger partial charge in [-0.05, 0) is 50.3 Å². The molecule has 0 aromatic heterocycles. The second kappa shape index (κ2) is 17.6.